The van der Waals surface area contributed by atoms with Crippen molar-refractivity contribution in [3.8, 4) is 0 Å². The highest BCUT2D eigenvalue weighted by atomic mass is 16.2. The Morgan fingerprint density at radius 1 is 1.13 bits per heavy atom. The normalized spacial score (nSPS) is 20.1. The summed E-state index contributed by atoms with van der Waals surface area (Å²) in [6.07, 6.45) is 6.49. The molecule has 0 radical (unpaired) electrons. The molecule has 3 heteroatoms. The molecular formula is C12H21NO2. The van der Waals surface area contributed by atoms with Gasteiger partial charge < -0.3 is 0 Å². The van der Waals surface area contributed by atoms with Crippen molar-refractivity contribution < 1.29 is 9.59 Å². The van der Waals surface area contributed by atoms with Crippen LogP contribution in [0.1, 0.15) is 58.8 Å². The molecule has 0 saturated carbocycles. The van der Waals surface area contributed by atoms with Gasteiger partial charge >= 0.3 is 0 Å². The highest BCUT2D eigenvalue weighted by Crippen LogP contribution is 2.38. The van der Waals surface area contributed by atoms with Gasteiger partial charge in [-0.1, -0.05) is 33.1 Å². The van der Waals surface area contributed by atoms with E-state index in [1.807, 2.05) is 0 Å². The second-order valence-electron chi connectivity index (χ2n) is 4.64. The Bertz CT molecular complexity index is 232. The van der Waals surface area contributed by atoms with Crippen LogP contribution in [0.2, 0.25) is 0 Å². The van der Waals surface area contributed by atoms with Gasteiger partial charge in [-0.3, -0.25) is 14.9 Å². The quantitative estimate of drug-likeness (QED) is 0.560. The standard InChI is InChI=1S/C12H21NO2/c1-3-5-6-7-12(4-2)8-10(14)13-11(15)9-12/h3-9H2,1-2H3,(H,13,14,15). The van der Waals surface area contributed by atoms with E-state index >= 15 is 0 Å². The second-order valence-corrected chi connectivity index (χ2v) is 4.64. The lowest BCUT2D eigenvalue weighted by Gasteiger charge is -2.35. The van der Waals surface area contributed by atoms with Gasteiger partial charge in [-0.25, -0.2) is 0 Å². The minimum absolute atomic E-state index is 0.0470. The number of carbonyl (C=O) groups is 2. The van der Waals surface area contributed by atoms with Crippen LogP contribution in [0.5, 0.6) is 0 Å². The van der Waals surface area contributed by atoms with Gasteiger partial charge in [0.2, 0.25) is 11.8 Å². The van der Waals surface area contributed by atoms with Crippen LogP contribution in [-0.2, 0) is 9.59 Å². The van der Waals surface area contributed by atoms with E-state index in [0.717, 1.165) is 19.3 Å². The Kier molecular flexibility index (Phi) is 4.30. The number of amides is 2. The zero-order valence-corrected chi connectivity index (χ0v) is 9.77. The average Bonchev–Trinajstić information content (AvgIpc) is 2.17. The number of hydrogen-bond acceptors (Lipinski definition) is 2. The molecule has 1 saturated heterocycles. The molecule has 1 aliphatic rings. The summed E-state index contributed by atoms with van der Waals surface area (Å²) in [6.45, 7) is 4.25. The summed E-state index contributed by atoms with van der Waals surface area (Å²) in [4.78, 5) is 22.7. The molecule has 86 valence electrons. The second kappa shape index (κ2) is 5.29. The Hall–Kier alpha value is -0.860. The van der Waals surface area contributed by atoms with Crippen LogP contribution in [0.3, 0.4) is 0 Å². The van der Waals surface area contributed by atoms with Crippen molar-refractivity contribution in [3.63, 3.8) is 0 Å². The highest BCUT2D eigenvalue weighted by molar-refractivity contribution is 5.98. The molecule has 0 aromatic carbocycles. The molecule has 0 aromatic rings. The molecule has 0 aromatic heterocycles. The van der Waals surface area contributed by atoms with E-state index in [0.29, 0.717) is 12.8 Å². The molecule has 0 unspecified atom stereocenters. The van der Waals surface area contributed by atoms with Crippen molar-refractivity contribution in [2.45, 2.75) is 58.8 Å². The SMILES string of the molecule is CCCCCC1(CC)CC(=O)NC(=O)C1. The molecule has 3 nitrogen and oxygen atoms in total. The molecule has 0 atom stereocenters. The predicted octanol–water partition coefficient (Wildman–Crippen LogP) is 2.40. The Morgan fingerprint density at radius 3 is 2.20 bits per heavy atom. The topological polar surface area (TPSA) is 46.2 Å². The fraction of sp³-hybridized carbons (Fsp3) is 0.833. The molecule has 0 bridgehead atoms. The first-order valence-electron chi connectivity index (χ1n) is 5.94. The molecular weight excluding hydrogens is 190 g/mol. The Balaban J connectivity index is 2.57. The molecule has 1 aliphatic heterocycles. The zero-order chi connectivity index (χ0) is 11.3. The molecule has 1 heterocycles. The van der Waals surface area contributed by atoms with E-state index in [9.17, 15) is 9.59 Å². The van der Waals surface area contributed by atoms with Crippen LogP contribution in [0, 0.1) is 5.41 Å². The molecule has 1 fully saturated rings. The first-order valence-corrected chi connectivity index (χ1v) is 5.94. The van der Waals surface area contributed by atoms with Crippen LogP contribution in [0.15, 0.2) is 0 Å². The lowest BCUT2D eigenvalue weighted by Crippen LogP contribution is -2.44. The van der Waals surface area contributed by atoms with Gasteiger partial charge in [0.1, 0.15) is 0 Å². The van der Waals surface area contributed by atoms with Gasteiger partial charge in [0.15, 0.2) is 0 Å². The van der Waals surface area contributed by atoms with E-state index < -0.39 is 0 Å². The van der Waals surface area contributed by atoms with Crippen LogP contribution < -0.4 is 5.32 Å². The number of carbonyl (C=O) groups excluding carboxylic acids is 2. The molecule has 0 spiro atoms. The number of rotatable bonds is 5. The van der Waals surface area contributed by atoms with Gasteiger partial charge in [-0.2, -0.15) is 0 Å². The largest absolute Gasteiger partial charge is 0.296 e. The fourth-order valence-electron chi connectivity index (χ4n) is 2.34. The Morgan fingerprint density at radius 2 is 1.73 bits per heavy atom. The molecule has 0 aliphatic carbocycles. The maximum atomic E-state index is 11.3. The fourth-order valence-corrected chi connectivity index (χ4v) is 2.34. The Labute approximate surface area is 91.6 Å². The number of unbranched alkanes of at least 4 members (excludes halogenated alkanes) is 2. The summed E-state index contributed by atoms with van der Waals surface area (Å²) < 4.78 is 0. The predicted molar refractivity (Wildman–Crippen MR) is 59.2 cm³/mol. The summed E-state index contributed by atoms with van der Waals surface area (Å²) in [7, 11) is 0. The summed E-state index contributed by atoms with van der Waals surface area (Å²) in [5, 5.41) is 2.38. The minimum Gasteiger partial charge on any atom is -0.296 e. The number of piperidine rings is 1. The lowest BCUT2D eigenvalue weighted by molar-refractivity contribution is -0.138. The summed E-state index contributed by atoms with van der Waals surface area (Å²) >= 11 is 0. The van der Waals surface area contributed by atoms with Crippen molar-refractivity contribution in [2.75, 3.05) is 0 Å². The summed E-state index contributed by atoms with van der Waals surface area (Å²) in [6, 6.07) is 0. The van der Waals surface area contributed by atoms with E-state index in [2.05, 4.69) is 19.2 Å². The zero-order valence-electron chi connectivity index (χ0n) is 9.77. The maximum absolute atomic E-state index is 11.3. The van der Waals surface area contributed by atoms with E-state index in [1.54, 1.807) is 0 Å². The van der Waals surface area contributed by atoms with Crippen molar-refractivity contribution in [2.24, 2.45) is 5.41 Å². The van der Waals surface area contributed by atoms with E-state index in [-0.39, 0.29) is 17.2 Å². The van der Waals surface area contributed by atoms with Crippen LogP contribution >= 0.6 is 0 Å². The lowest BCUT2D eigenvalue weighted by atomic mass is 9.72. The first kappa shape index (κ1) is 12.2. The van der Waals surface area contributed by atoms with Crippen LogP contribution in [-0.4, -0.2) is 11.8 Å². The van der Waals surface area contributed by atoms with Gasteiger partial charge in [-0.05, 0) is 18.3 Å². The minimum atomic E-state index is -0.0930. The van der Waals surface area contributed by atoms with Crippen molar-refractivity contribution in [3.05, 3.63) is 0 Å². The van der Waals surface area contributed by atoms with Crippen molar-refractivity contribution >= 4 is 11.8 Å². The van der Waals surface area contributed by atoms with E-state index in [1.165, 1.54) is 12.8 Å². The monoisotopic (exact) mass is 211 g/mol. The summed E-state index contributed by atoms with van der Waals surface area (Å²) in [5.41, 5.74) is -0.0470. The summed E-state index contributed by atoms with van der Waals surface area (Å²) in [5.74, 6) is -0.186. The van der Waals surface area contributed by atoms with Gasteiger partial charge in [-0.15, -0.1) is 0 Å². The van der Waals surface area contributed by atoms with Crippen molar-refractivity contribution in [1.82, 2.24) is 5.32 Å². The van der Waals surface area contributed by atoms with E-state index in [4.69, 9.17) is 0 Å². The average molecular weight is 211 g/mol. The number of nitrogens with one attached hydrogen (secondary N) is 1. The first-order chi connectivity index (χ1) is 7.12. The third-order valence-corrected chi connectivity index (χ3v) is 3.41. The van der Waals surface area contributed by atoms with Crippen LogP contribution in [0.4, 0.5) is 0 Å². The third kappa shape index (κ3) is 3.33. The molecule has 2 amide bonds. The highest BCUT2D eigenvalue weighted by Gasteiger charge is 2.37. The van der Waals surface area contributed by atoms with Gasteiger partial charge in [0.25, 0.3) is 0 Å². The maximum Gasteiger partial charge on any atom is 0.227 e. The molecule has 1 N–H and O–H groups in total. The number of hydrogen-bond donors (Lipinski definition) is 1. The van der Waals surface area contributed by atoms with Gasteiger partial charge in [0.05, 0.1) is 0 Å². The third-order valence-electron chi connectivity index (χ3n) is 3.41. The van der Waals surface area contributed by atoms with Gasteiger partial charge in [0, 0.05) is 12.8 Å². The van der Waals surface area contributed by atoms with Crippen molar-refractivity contribution in [1.29, 1.82) is 0 Å². The van der Waals surface area contributed by atoms with Crippen LogP contribution in [0.25, 0.3) is 0 Å². The number of imide groups is 1. The molecule has 15 heavy (non-hydrogen) atoms. The smallest absolute Gasteiger partial charge is 0.227 e. The molecule has 1 rings (SSSR count).